The van der Waals surface area contributed by atoms with Crippen LogP contribution in [0.2, 0.25) is 0 Å². The molecule has 12 heavy (non-hydrogen) atoms. The Morgan fingerprint density at radius 1 is 1.50 bits per heavy atom. The Morgan fingerprint density at radius 2 is 2.17 bits per heavy atom. The van der Waals surface area contributed by atoms with Crippen LogP contribution >= 0.6 is 0 Å². The van der Waals surface area contributed by atoms with E-state index >= 15 is 0 Å². The predicted molar refractivity (Wildman–Crippen MR) is 50.7 cm³/mol. The maximum absolute atomic E-state index is 5.61. The highest BCUT2D eigenvalue weighted by Crippen LogP contribution is 2.24. The second-order valence-electron chi connectivity index (χ2n) is 3.59. The van der Waals surface area contributed by atoms with Gasteiger partial charge in [0.15, 0.2) is 0 Å². The second kappa shape index (κ2) is 3.83. The first kappa shape index (κ1) is 9.43. The van der Waals surface area contributed by atoms with E-state index in [0.29, 0.717) is 5.92 Å². The summed E-state index contributed by atoms with van der Waals surface area (Å²) in [5, 5.41) is 0. The Bertz CT molecular complexity index is 184. The molecule has 0 amide bonds. The van der Waals surface area contributed by atoms with E-state index < -0.39 is 0 Å². The van der Waals surface area contributed by atoms with Gasteiger partial charge in [0, 0.05) is 13.5 Å². The highest BCUT2D eigenvalue weighted by atomic mass is 16.5. The van der Waals surface area contributed by atoms with Gasteiger partial charge in [-0.15, -0.1) is 0 Å². The monoisotopic (exact) mass is 169 g/mol. The lowest BCUT2D eigenvalue weighted by atomic mass is 10.1. The molecule has 2 nitrogen and oxygen atoms in total. The van der Waals surface area contributed by atoms with E-state index in [0.717, 1.165) is 19.6 Å². The first-order valence-electron chi connectivity index (χ1n) is 4.73. The summed E-state index contributed by atoms with van der Waals surface area (Å²) in [4.78, 5) is 2.31. The molecule has 0 atom stereocenters. The van der Waals surface area contributed by atoms with Crippen LogP contribution in [0.5, 0.6) is 0 Å². The van der Waals surface area contributed by atoms with Gasteiger partial charge in [-0.05, 0) is 5.92 Å². The molecule has 70 valence electrons. The largest absolute Gasteiger partial charge is 0.494 e. The first-order chi connectivity index (χ1) is 5.66. The number of ether oxygens (including phenoxy) is 1. The number of rotatable bonds is 2. The molecule has 0 bridgehead atoms. The van der Waals surface area contributed by atoms with Crippen molar-refractivity contribution in [3.63, 3.8) is 0 Å². The average Bonchev–Trinajstić information content (AvgIpc) is 2.03. The second-order valence-corrected chi connectivity index (χ2v) is 3.59. The van der Waals surface area contributed by atoms with Crippen LogP contribution in [-0.2, 0) is 4.74 Å². The molecular formula is C10H19NO. The Morgan fingerprint density at radius 3 is 2.58 bits per heavy atom. The molecule has 0 unspecified atom stereocenters. The number of hydrogen-bond donors (Lipinski definition) is 0. The quantitative estimate of drug-likeness (QED) is 0.628. The SMILES string of the molecule is CCC1=C(C(C)C)N(C)CCO1. The van der Waals surface area contributed by atoms with Crippen molar-refractivity contribution in [2.24, 2.45) is 5.92 Å². The molecule has 1 rings (SSSR count). The highest BCUT2D eigenvalue weighted by molar-refractivity contribution is 5.11. The van der Waals surface area contributed by atoms with E-state index in [1.165, 1.54) is 11.5 Å². The molecule has 2 heteroatoms. The molecule has 0 saturated carbocycles. The van der Waals surface area contributed by atoms with Gasteiger partial charge in [0.2, 0.25) is 0 Å². The molecule has 1 aliphatic heterocycles. The zero-order valence-corrected chi connectivity index (χ0v) is 8.55. The summed E-state index contributed by atoms with van der Waals surface area (Å²) in [6, 6.07) is 0. The predicted octanol–water partition coefficient (Wildman–Crippen LogP) is 2.23. The van der Waals surface area contributed by atoms with Crippen molar-refractivity contribution in [2.45, 2.75) is 27.2 Å². The third-order valence-electron chi connectivity index (χ3n) is 2.27. The lowest BCUT2D eigenvalue weighted by Crippen LogP contribution is -2.31. The molecule has 0 aromatic rings. The Kier molecular flexibility index (Phi) is 3.01. The van der Waals surface area contributed by atoms with Crippen LogP contribution in [0.3, 0.4) is 0 Å². The maximum Gasteiger partial charge on any atom is 0.115 e. The standard InChI is InChI=1S/C10H19NO/c1-5-9-10(8(2)3)11(4)6-7-12-9/h8H,5-7H2,1-4H3. The van der Waals surface area contributed by atoms with Gasteiger partial charge in [-0.25, -0.2) is 0 Å². The van der Waals surface area contributed by atoms with Crippen molar-refractivity contribution in [1.29, 1.82) is 0 Å². The Hall–Kier alpha value is -0.660. The molecular weight excluding hydrogens is 150 g/mol. The normalized spacial score (nSPS) is 18.6. The lowest BCUT2D eigenvalue weighted by Gasteiger charge is -2.32. The van der Waals surface area contributed by atoms with E-state index in [9.17, 15) is 0 Å². The molecule has 0 radical (unpaired) electrons. The molecule has 1 aliphatic rings. The van der Waals surface area contributed by atoms with Crippen molar-refractivity contribution in [3.8, 4) is 0 Å². The number of hydrogen-bond acceptors (Lipinski definition) is 2. The van der Waals surface area contributed by atoms with Gasteiger partial charge in [0.05, 0.1) is 12.2 Å². The Balaban J connectivity index is 2.87. The molecule has 0 spiro atoms. The fourth-order valence-corrected chi connectivity index (χ4v) is 1.76. The molecule has 0 saturated heterocycles. The summed E-state index contributed by atoms with van der Waals surface area (Å²) >= 11 is 0. The summed E-state index contributed by atoms with van der Waals surface area (Å²) in [5.74, 6) is 1.75. The Labute approximate surface area is 75.2 Å². The van der Waals surface area contributed by atoms with Gasteiger partial charge in [-0.3, -0.25) is 0 Å². The first-order valence-corrected chi connectivity index (χ1v) is 4.73. The zero-order valence-electron chi connectivity index (χ0n) is 8.55. The number of nitrogens with zero attached hydrogens (tertiary/aromatic N) is 1. The average molecular weight is 169 g/mol. The lowest BCUT2D eigenvalue weighted by molar-refractivity contribution is 0.126. The van der Waals surface area contributed by atoms with Gasteiger partial charge in [-0.2, -0.15) is 0 Å². The van der Waals surface area contributed by atoms with Crippen molar-refractivity contribution >= 4 is 0 Å². The summed E-state index contributed by atoms with van der Waals surface area (Å²) in [6.45, 7) is 8.45. The third-order valence-corrected chi connectivity index (χ3v) is 2.27. The fourth-order valence-electron chi connectivity index (χ4n) is 1.76. The van der Waals surface area contributed by atoms with E-state index in [1.807, 2.05) is 0 Å². The van der Waals surface area contributed by atoms with Crippen molar-refractivity contribution in [2.75, 3.05) is 20.2 Å². The molecule has 0 fully saturated rings. The molecule has 1 heterocycles. The van der Waals surface area contributed by atoms with Crippen LogP contribution in [0.25, 0.3) is 0 Å². The van der Waals surface area contributed by atoms with Crippen LogP contribution in [0.15, 0.2) is 11.5 Å². The van der Waals surface area contributed by atoms with Crippen LogP contribution in [0, 0.1) is 5.92 Å². The minimum atomic E-state index is 0.574. The number of likely N-dealkylation sites (N-methyl/N-ethyl adjacent to an activating group) is 1. The fraction of sp³-hybridized carbons (Fsp3) is 0.800. The van der Waals surface area contributed by atoms with Gasteiger partial charge >= 0.3 is 0 Å². The summed E-state index contributed by atoms with van der Waals surface area (Å²) < 4.78 is 5.61. The highest BCUT2D eigenvalue weighted by Gasteiger charge is 2.19. The van der Waals surface area contributed by atoms with E-state index in [-0.39, 0.29) is 0 Å². The van der Waals surface area contributed by atoms with Crippen LogP contribution in [-0.4, -0.2) is 25.1 Å². The van der Waals surface area contributed by atoms with Gasteiger partial charge in [-0.1, -0.05) is 20.8 Å². The van der Waals surface area contributed by atoms with Gasteiger partial charge in [0.25, 0.3) is 0 Å². The van der Waals surface area contributed by atoms with Crippen molar-refractivity contribution in [1.82, 2.24) is 4.90 Å². The van der Waals surface area contributed by atoms with Crippen LogP contribution in [0.4, 0.5) is 0 Å². The van der Waals surface area contributed by atoms with Crippen LogP contribution in [0.1, 0.15) is 27.2 Å². The minimum absolute atomic E-state index is 0.574. The summed E-state index contributed by atoms with van der Waals surface area (Å²) in [5.41, 5.74) is 1.38. The third kappa shape index (κ3) is 1.74. The molecule has 0 aromatic carbocycles. The zero-order chi connectivity index (χ0) is 9.14. The summed E-state index contributed by atoms with van der Waals surface area (Å²) in [7, 11) is 2.15. The van der Waals surface area contributed by atoms with E-state index in [1.54, 1.807) is 0 Å². The minimum Gasteiger partial charge on any atom is -0.494 e. The van der Waals surface area contributed by atoms with Crippen molar-refractivity contribution < 1.29 is 4.74 Å². The van der Waals surface area contributed by atoms with E-state index in [2.05, 4.69) is 32.7 Å². The maximum atomic E-state index is 5.61. The molecule has 0 N–H and O–H groups in total. The van der Waals surface area contributed by atoms with Gasteiger partial charge in [0.1, 0.15) is 12.4 Å². The van der Waals surface area contributed by atoms with Gasteiger partial charge < -0.3 is 9.64 Å². The van der Waals surface area contributed by atoms with Crippen LogP contribution < -0.4 is 0 Å². The molecule has 0 aromatic heterocycles. The smallest absolute Gasteiger partial charge is 0.115 e. The van der Waals surface area contributed by atoms with E-state index in [4.69, 9.17) is 4.74 Å². The number of allylic oxidation sites excluding steroid dienone is 2. The van der Waals surface area contributed by atoms with Crippen molar-refractivity contribution in [3.05, 3.63) is 11.5 Å². The topological polar surface area (TPSA) is 12.5 Å². The summed E-state index contributed by atoms with van der Waals surface area (Å²) in [6.07, 6.45) is 1.01. The molecule has 0 aliphatic carbocycles.